The Labute approximate surface area is 120 Å². The molecule has 0 saturated heterocycles. The van der Waals surface area contributed by atoms with E-state index >= 15 is 0 Å². The molecule has 0 bridgehead atoms. The normalized spacial score (nSPS) is 13.4. The van der Waals surface area contributed by atoms with Crippen molar-refractivity contribution in [3.63, 3.8) is 0 Å². The molecule has 0 aliphatic carbocycles. The maximum absolute atomic E-state index is 12.2. The van der Waals surface area contributed by atoms with Crippen LogP contribution in [0.3, 0.4) is 0 Å². The molecule has 0 radical (unpaired) electrons. The first kappa shape index (κ1) is 16.7. The smallest absolute Gasteiger partial charge is 0.387 e. The molecule has 2 unspecified atom stereocenters. The third-order valence-electron chi connectivity index (χ3n) is 2.85. The van der Waals surface area contributed by atoms with Crippen LogP contribution in [0.15, 0.2) is 24.3 Å². The summed E-state index contributed by atoms with van der Waals surface area (Å²) in [5.74, 6) is -2.02. The highest BCUT2D eigenvalue weighted by Gasteiger charge is 2.21. The molecule has 0 spiro atoms. The van der Waals surface area contributed by atoms with Crippen molar-refractivity contribution in [2.75, 3.05) is 5.32 Å². The number of rotatable bonds is 6. The summed E-state index contributed by atoms with van der Waals surface area (Å²) in [7, 11) is 0. The first-order valence-electron chi connectivity index (χ1n) is 6.15. The SMILES string of the molecule is CC(NC(=O)Nc1ccccc1OC(F)F)C(C)C(=O)O. The molecule has 0 saturated carbocycles. The number of para-hydroxylation sites is 2. The Hall–Kier alpha value is -2.38. The van der Waals surface area contributed by atoms with E-state index in [0.29, 0.717) is 0 Å². The van der Waals surface area contributed by atoms with Crippen LogP contribution in [0.5, 0.6) is 5.75 Å². The molecule has 8 heteroatoms. The molecule has 0 fully saturated rings. The summed E-state index contributed by atoms with van der Waals surface area (Å²) >= 11 is 0. The van der Waals surface area contributed by atoms with E-state index in [0.717, 1.165) is 0 Å². The van der Waals surface area contributed by atoms with Gasteiger partial charge in [0.15, 0.2) is 0 Å². The minimum absolute atomic E-state index is 0.0606. The fourth-order valence-electron chi connectivity index (χ4n) is 1.47. The Kier molecular flexibility index (Phi) is 5.89. The summed E-state index contributed by atoms with van der Waals surface area (Å²) in [6.07, 6.45) is 0. The van der Waals surface area contributed by atoms with Gasteiger partial charge in [0.2, 0.25) is 0 Å². The highest BCUT2D eigenvalue weighted by Crippen LogP contribution is 2.25. The van der Waals surface area contributed by atoms with Crippen LogP contribution in [0.2, 0.25) is 0 Å². The number of carbonyl (C=O) groups excluding carboxylic acids is 1. The maximum Gasteiger partial charge on any atom is 0.387 e. The van der Waals surface area contributed by atoms with Gasteiger partial charge in [-0.15, -0.1) is 0 Å². The average Bonchev–Trinajstić information content (AvgIpc) is 2.39. The number of hydrogen-bond acceptors (Lipinski definition) is 3. The summed E-state index contributed by atoms with van der Waals surface area (Å²) in [4.78, 5) is 22.5. The van der Waals surface area contributed by atoms with Crippen molar-refractivity contribution in [2.24, 2.45) is 5.92 Å². The number of carboxylic acids is 1. The van der Waals surface area contributed by atoms with Gasteiger partial charge in [-0.1, -0.05) is 12.1 Å². The number of carbonyl (C=O) groups is 2. The monoisotopic (exact) mass is 302 g/mol. The van der Waals surface area contributed by atoms with Crippen LogP contribution < -0.4 is 15.4 Å². The van der Waals surface area contributed by atoms with Crippen molar-refractivity contribution in [3.8, 4) is 5.75 Å². The third-order valence-corrected chi connectivity index (χ3v) is 2.85. The summed E-state index contributed by atoms with van der Waals surface area (Å²) < 4.78 is 28.7. The Bertz CT molecular complexity index is 511. The van der Waals surface area contributed by atoms with Gasteiger partial charge >= 0.3 is 18.6 Å². The van der Waals surface area contributed by atoms with Crippen molar-refractivity contribution in [1.29, 1.82) is 0 Å². The highest BCUT2D eigenvalue weighted by atomic mass is 19.3. The van der Waals surface area contributed by atoms with Crippen molar-refractivity contribution >= 4 is 17.7 Å². The Balaban J connectivity index is 2.69. The van der Waals surface area contributed by atoms with E-state index < -0.39 is 30.6 Å². The Morgan fingerprint density at radius 2 is 1.86 bits per heavy atom. The molecule has 1 rings (SSSR count). The quantitative estimate of drug-likeness (QED) is 0.753. The second-order valence-electron chi connectivity index (χ2n) is 4.39. The lowest BCUT2D eigenvalue weighted by atomic mass is 10.0. The number of ether oxygens (including phenoxy) is 1. The fourth-order valence-corrected chi connectivity index (χ4v) is 1.47. The number of amides is 2. The minimum atomic E-state index is -3.01. The number of nitrogens with one attached hydrogen (secondary N) is 2. The van der Waals surface area contributed by atoms with Gasteiger partial charge in [0.05, 0.1) is 11.6 Å². The summed E-state index contributed by atoms with van der Waals surface area (Å²) in [6.45, 7) is -0.0388. The molecule has 0 aromatic heterocycles. The van der Waals surface area contributed by atoms with E-state index in [1.807, 2.05) is 0 Å². The zero-order valence-electron chi connectivity index (χ0n) is 11.5. The van der Waals surface area contributed by atoms with Crippen LogP contribution in [0, 0.1) is 5.92 Å². The summed E-state index contributed by atoms with van der Waals surface area (Å²) in [5, 5.41) is 13.6. The van der Waals surface area contributed by atoms with Gasteiger partial charge in [-0.25, -0.2) is 4.79 Å². The van der Waals surface area contributed by atoms with Crippen LogP contribution in [-0.4, -0.2) is 29.8 Å². The lowest BCUT2D eigenvalue weighted by molar-refractivity contribution is -0.141. The summed E-state index contributed by atoms with van der Waals surface area (Å²) in [6, 6.07) is 4.35. The second kappa shape index (κ2) is 7.41. The number of aliphatic carboxylic acids is 1. The number of alkyl halides is 2. The molecule has 0 heterocycles. The lowest BCUT2D eigenvalue weighted by Crippen LogP contribution is -2.42. The van der Waals surface area contributed by atoms with Crippen molar-refractivity contribution in [2.45, 2.75) is 26.5 Å². The van der Waals surface area contributed by atoms with Gasteiger partial charge in [0.25, 0.3) is 0 Å². The number of halogens is 2. The molecule has 0 aliphatic rings. The molecule has 1 aromatic carbocycles. The van der Waals surface area contributed by atoms with E-state index in [-0.39, 0.29) is 11.4 Å². The van der Waals surface area contributed by atoms with Gasteiger partial charge in [-0.2, -0.15) is 8.78 Å². The standard InChI is InChI=1S/C13H16F2N2O4/c1-7(11(18)19)8(2)16-13(20)17-9-5-3-4-6-10(9)21-12(14)15/h3-8,12H,1-2H3,(H,18,19)(H2,16,17,20). The largest absolute Gasteiger partial charge is 0.481 e. The number of hydrogen-bond donors (Lipinski definition) is 3. The predicted molar refractivity (Wildman–Crippen MR) is 71.5 cm³/mol. The second-order valence-corrected chi connectivity index (χ2v) is 4.39. The summed E-state index contributed by atoms with van der Waals surface area (Å²) in [5.41, 5.74) is 0.0606. The van der Waals surface area contributed by atoms with Gasteiger partial charge in [-0.05, 0) is 26.0 Å². The number of anilines is 1. The van der Waals surface area contributed by atoms with Gasteiger partial charge < -0.3 is 20.5 Å². The molecule has 21 heavy (non-hydrogen) atoms. The van der Waals surface area contributed by atoms with Crippen LogP contribution in [0.25, 0.3) is 0 Å². The number of benzene rings is 1. The first-order chi connectivity index (χ1) is 9.81. The van der Waals surface area contributed by atoms with E-state index in [1.54, 1.807) is 0 Å². The molecular weight excluding hydrogens is 286 g/mol. The van der Waals surface area contributed by atoms with E-state index in [1.165, 1.54) is 38.1 Å². The van der Waals surface area contributed by atoms with Crippen LogP contribution in [0.4, 0.5) is 19.3 Å². The van der Waals surface area contributed by atoms with E-state index in [9.17, 15) is 18.4 Å². The van der Waals surface area contributed by atoms with Crippen LogP contribution >= 0.6 is 0 Å². The van der Waals surface area contributed by atoms with E-state index in [2.05, 4.69) is 15.4 Å². The molecular formula is C13H16F2N2O4. The van der Waals surface area contributed by atoms with E-state index in [4.69, 9.17) is 5.11 Å². The Morgan fingerprint density at radius 1 is 1.24 bits per heavy atom. The molecule has 0 aliphatic heterocycles. The number of carboxylic acid groups (broad SMARTS) is 1. The molecule has 2 atom stereocenters. The lowest BCUT2D eigenvalue weighted by Gasteiger charge is -2.19. The highest BCUT2D eigenvalue weighted by molar-refractivity contribution is 5.91. The zero-order chi connectivity index (χ0) is 16.0. The van der Waals surface area contributed by atoms with Gasteiger partial charge in [-0.3, -0.25) is 4.79 Å². The molecule has 116 valence electrons. The first-order valence-corrected chi connectivity index (χ1v) is 6.15. The number of urea groups is 1. The molecule has 2 amide bonds. The topological polar surface area (TPSA) is 87.7 Å². The molecule has 1 aromatic rings. The molecule has 6 nitrogen and oxygen atoms in total. The fraction of sp³-hybridized carbons (Fsp3) is 0.385. The minimum Gasteiger partial charge on any atom is -0.481 e. The Morgan fingerprint density at radius 3 is 2.43 bits per heavy atom. The van der Waals surface area contributed by atoms with Crippen LogP contribution in [0.1, 0.15) is 13.8 Å². The van der Waals surface area contributed by atoms with Gasteiger partial charge in [0, 0.05) is 6.04 Å². The third kappa shape index (κ3) is 5.25. The van der Waals surface area contributed by atoms with Crippen LogP contribution in [-0.2, 0) is 4.79 Å². The van der Waals surface area contributed by atoms with Crippen molar-refractivity contribution in [1.82, 2.24) is 5.32 Å². The predicted octanol–water partition coefficient (Wildman–Crippen LogP) is 2.52. The van der Waals surface area contributed by atoms with Crippen molar-refractivity contribution < 1.29 is 28.2 Å². The average molecular weight is 302 g/mol. The zero-order valence-corrected chi connectivity index (χ0v) is 11.5. The van der Waals surface area contributed by atoms with Gasteiger partial charge in [0.1, 0.15) is 5.75 Å². The van der Waals surface area contributed by atoms with Crippen molar-refractivity contribution in [3.05, 3.63) is 24.3 Å². The molecule has 3 N–H and O–H groups in total. The maximum atomic E-state index is 12.2.